The van der Waals surface area contributed by atoms with Crippen molar-refractivity contribution in [1.29, 1.82) is 0 Å². The summed E-state index contributed by atoms with van der Waals surface area (Å²) in [6.07, 6.45) is 1.16. The topological polar surface area (TPSA) is 52.7 Å². The smallest absolute Gasteiger partial charge is 0.225 e. The van der Waals surface area contributed by atoms with Crippen LogP contribution in [0.25, 0.3) is 0 Å². The summed E-state index contributed by atoms with van der Waals surface area (Å²) in [7, 11) is 0. The zero-order chi connectivity index (χ0) is 19.1. The van der Waals surface area contributed by atoms with E-state index in [4.69, 9.17) is 0 Å². The minimum Gasteiger partial charge on any atom is -0.355 e. The number of benzene rings is 1. The molecule has 26 heavy (non-hydrogen) atoms. The van der Waals surface area contributed by atoms with Gasteiger partial charge in [0, 0.05) is 44.7 Å². The Hall–Kier alpha value is -1.88. The highest BCUT2D eigenvalue weighted by atomic mass is 16.2. The molecule has 1 heterocycles. The van der Waals surface area contributed by atoms with Gasteiger partial charge in [-0.1, -0.05) is 30.3 Å². The Kier molecular flexibility index (Phi) is 7.64. The normalized spacial score (nSPS) is 17.6. The first kappa shape index (κ1) is 20.4. The van der Waals surface area contributed by atoms with Gasteiger partial charge in [0.25, 0.3) is 0 Å². The zero-order valence-corrected chi connectivity index (χ0v) is 16.6. The second kappa shape index (κ2) is 9.72. The maximum absolute atomic E-state index is 12.4. The molecule has 1 saturated heterocycles. The Morgan fingerprint density at radius 1 is 1.19 bits per heavy atom. The quantitative estimate of drug-likeness (QED) is 0.736. The van der Waals surface area contributed by atoms with Crippen LogP contribution >= 0.6 is 0 Å². The van der Waals surface area contributed by atoms with Crippen LogP contribution in [0.5, 0.6) is 0 Å². The van der Waals surface area contributed by atoms with Crippen molar-refractivity contribution in [2.75, 3.05) is 26.2 Å². The largest absolute Gasteiger partial charge is 0.355 e. The molecule has 1 N–H and O–H groups in total. The van der Waals surface area contributed by atoms with Crippen molar-refractivity contribution in [2.24, 2.45) is 5.92 Å². The lowest BCUT2D eigenvalue weighted by atomic mass is 10.1. The average Bonchev–Trinajstić information content (AvgIpc) is 2.98. The molecule has 1 aliphatic rings. The van der Waals surface area contributed by atoms with Crippen molar-refractivity contribution in [1.82, 2.24) is 15.1 Å². The molecular formula is C21H33N3O2. The van der Waals surface area contributed by atoms with Crippen LogP contribution in [0, 0.1) is 5.92 Å². The third-order valence-corrected chi connectivity index (χ3v) is 5.09. The van der Waals surface area contributed by atoms with Crippen LogP contribution in [0.1, 0.15) is 39.7 Å². The molecule has 0 radical (unpaired) electrons. The molecule has 1 aromatic carbocycles. The van der Waals surface area contributed by atoms with E-state index in [0.29, 0.717) is 38.1 Å². The zero-order valence-electron chi connectivity index (χ0n) is 16.6. The lowest BCUT2D eigenvalue weighted by Gasteiger charge is -2.30. The van der Waals surface area contributed by atoms with Gasteiger partial charge in [0.05, 0.1) is 5.92 Å². The van der Waals surface area contributed by atoms with Crippen LogP contribution in [0.15, 0.2) is 30.3 Å². The Labute approximate surface area is 157 Å². The molecule has 0 aliphatic carbocycles. The Balaban J connectivity index is 1.75. The van der Waals surface area contributed by atoms with Gasteiger partial charge >= 0.3 is 0 Å². The number of amides is 2. The van der Waals surface area contributed by atoms with Gasteiger partial charge in [-0.3, -0.25) is 14.5 Å². The SMILES string of the molecule is CC(C)N(CCNC(=O)C1CC(=O)N(CCc2ccccc2)C1)C(C)C. The van der Waals surface area contributed by atoms with E-state index in [0.717, 1.165) is 13.0 Å². The first-order valence-corrected chi connectivity index (χ1v) is 9.73. The van der Waals surface area contributed by atoms with Crippen molar-refractivity contribution >= 4 is 11.8 Å². The molecule has 2 rings (SSSR count). The molecule has 0 bridgehead atoms. The highest BCUT2D eigenvalue weighted by Gasteiger charge is 2.33. The lowest BCUT2D eigenvalue weighted by Crippen LogP contribution is -2.43. The molecule has 0 spiro atoms. The summed E-state index contributed by atoms with van der Waals surface area (Å²) in [5, 5.41) is 3.02. The van der Waals surface area contributed by atoms with Crippen molar-refractivity contribution in [3.8, 4) is 0 Å². The monoisotopic (exact) mass is 359 g/mol. The van der Waals surface area contributed by atoms with Crippen molar-refractivity contribution in [3.05, 3.63) is 35.9 Å². The molecule has 1 fully saturated rings. The first-order chi connectivity index (χ1) is 12.4. The summed E-state index contributed by atoms with van der Waals surface area (Å²) in [4.78, 5) is 28.8. The van der Waals surface area contributed by atoms with Gasteiger partial charge in [-0.15, -0.1) is 0 Å². The molecule has 1 atom stereocenters. The standard InChI is InChI=1S/C21H33N3O2/c1-16(2)24(17(3)4)13-11-22-21(26)19-14-20(25)23(15-19)12-10-18-8-6-5-7-9-18/h5-9,16-17,19H,10-15H2,1-4H3,(H,22,26). The van der Waals surface area contributed by atoms with Gasteiger partial charge in [-0.2, -0.15) is 0 Å². The lowest BCUT2D eigenvalue weighted by molar-refractivity contribution is -0.129. The summed E-state index contributed by atoms with van der Waals surface area (Å²) in [6, 6.07) is 11.1. The fourth-order valence-corrected chi connectivity index (χ4v) is 3.64. The summed E-state index contributed by atoms with van der Waals surface area (Å²) >= 11 is 0. The second-order valence-corrected chi connectivity index (χ2v) is 7.69. The van der Waals surface area contributed by atoms with E-state index in [1.807, 2.05) is 23.1 Å². The van der Waals surface area contributed by atoms with E-state index < -0.39 is 0 Å². The maximum Gasteiger partial charge on any atom is 0.225 e. The number of carbonyl (C=O) groups excluding carboxylic acids is 2. The Morgan fingerprint density at radius 2 is 1.85 bits per heavy atom. The third kappa shape index (κ3) is 5.84. The van der Waals surface area contributed by atoms with Gasteiger partial charge in [-0.25, -0.2) is 0 Å². The molecule has 1 unspecified atom stereocenters. The number of nitrogens with zero attached hydrogens (tertiary/aromatic N) is 2. The van der Waals surface area contributed by atoms with Gasteiger partial charge in [0.2, 0.25) is 11.8 Å². The van der Waals surface area contributed by atoms with E-state index in [2.05, 4.69) is 50.0 Å². The number of hydrogen-bond donors (Lipinski definition) is 1. The molecule has 5 nitrogen and oxygen atoms in total. The van der Waals surface area contributed by atoms with Crippen molar-refractivity contribution < 1.29 is 9.59 Å². The predicted molar refractivity (Wildman–Crippen MR) is 105 cm³/mol. The average molecular weight is 360 g/mol. The third-order valence-electron chi connectivity index (χ3n) is 5.09. The van der Waals surface area contributed by atoms with Gasteiger partial charge in [0.15, 0.2) is 0 Å². The number of rotatable bonds is 9. The molecule has 5 heteroatoms. The number of likely N-dealkylation sites (tertiary alicyclic amines) is 1. The molecular weight excluding hydrogens is 326 g/mol. The number of hydrogen-bond acceptors (Lipinski definition) is 3. The predicted octanol–water partition coefficient (Wildman–Crippen LogP) is 2.31. The second-order valence-electron chi connectivity index (χ2n) is 7.69. The summed E-state index contributed by atoms with van der Waals surface area (Å²) in [5.74, 6) is -0.120. The molecule has 144 valence electrons. The van der Waals surface area contributed by atoms with E-state index in [1.165, 1.54) is 5.56 Å². The van der Waals surface area contributed by atoms with E-state index in [1.54, 1.807) is 0 Å². The van der Waals surface area contributed by atoms with E-state index >= 15 is 0 Å². The molecule has 1 aliphatic heterocycles. The maximum atomic E-state index is 12.4. The fraction of sp³-hybridized carbons (Fsp3) is 0.619. The van der Waals surface area contributed by atoms with Crippen LogP contribution in [0.4, 0.5) is 0 Å². The highest BCUT2D eigenvalue weighted by Crippen LogP contribution is 2.18. The molecule has 0 aromatic heterocycles. The van der Waals surface area contributed by atoms with Crippen LogP contribution in [0.3, 0.4) is 0 Å². The van der Waals surface area contributed by atoms with Gasteiger partial charge in [0.1, 0.15) is 0 Å². The van der Waals surface area contributed by atoms with Crippen LogP contribution in [-0.2, 0) is 16.0 Å². The van der Waals surface area contributed by atoms with E-state index in [9.17, 15) is 9.59 Å². The van der Waals surface area contributed by atoms with Crippen LogP contribution in [-0.4, -0.2) is 59.9 Å². The summed E-state index contributed by atoms with van der Waals surface area (Å²) < 4.78 is 0. The first-order valence-electron chi connectivity index (χ1n) is 9.73. The van der Waals surface area contributed by atoms with Crippen LogP contribution < -0.4 is 5.32 Å². The highest BCUT2D eigenvalue weighted by molar-refractivity contribution is 5.89. The minimum absolute atomic E-state index is 0.00743. The van der Waals surface area contributed by atoms with Gasteiger partial charge in [-0.05, 0) is 39.7 Å². The van der Waals surface area contributed by atoms with E-state index in [-0.39, 0.29) is 17.7 Å². The summed E-state index contributed by atoms with van der Waals surface area (Å²) in [5.41, 5.74) is 1.22. The van der Waals surface area contributed by atoms with Gasteiger partial charge < -0.3 is 10.2 Å². The fourth-order valence-electron chi connectivity index (χ4n) is 3.64. The number of carbonyl (C=O) groups is 2. The number of nitrogens with one attached hydrogen (secondary N) is 1. The minimum atomic E-state index is -0.218. The molecule has 0 saturated carbocycles. The molecule has 1 aromatic rings. The van der Waals surface area contributed by atoms with Crippen molar-refractivity contribution in [2.45, 2.75) is 52.6 Å². The van der Waals surface area contributed by atoms with Crippen LogP contribution in [0.2, 0.25) is 0 Å². The van der Waals surface area contributed by atoms with Crippen molar-refractivity contribution in [3.63, 3.8) is 0 Å². The Bertz CT molecular complexity index is 578. The molecule has 2 amide bonds. The Morgan fingerprint density at radius 3 is 2.46 bits per heavy atom. The summed E-state index contributed by atoms with van der Waals surface area (Å²) in [6.45, 7) is 11.4.